The summed E-state index contributed by atoms with van der Waals surface area (Å²) < 4.78 is 37.3. The van der Waals surface area contributed by atoms with Crippen LogP contribution < -0.4 is 10.1 Å². The number of carbonyl (C=O) groups is 1. The minimum Gasteiger partial charge on any atom is -0.488 e. The standard InChI is InChI=1S/C32H39FN2O6/c1-31(2,3)41-30(37)35-18-17-32(21-40-28(33)29(36)34-32)27(35)20-38-24-15-13-23(14-16-24)25-11-7-8-12-26(25)39-19-22-9-5-4-6-10-22/h4-5,7-9,11-13,15,23-24,27-29,34,36H,14,16-21H2,1-3H3/t23-,24+,27?,28?,29?,32?/m1/s1. The van der Waals surface area contributed by atoms with E-state index in [0.717, 1.165) is 29.7 Å². The molecule has 220 valence electrons. The molecule has 2 aromatic rings. The van der Waals surface area contributed by atoms with Crippen molar-refractivity contribution >= 4 is 6.09 Å². The predicted octanol–water partition coefficient (Wildman–Crippen LogP) is 4.67. The minimum atomic E-state index is -1.83. The molecule has 2 fully saturated rings. The van der Waals surface area contributed by atoms with Gasteiger partial charge in [-0.05, 0) is 58.2 Å². The average Bonchev–Trinajstić information content (AvgIpc) is 3.30. The van der Waals surface area contributed by atoms with E-state index in [4.69, 9.17) is 18.9 Å². The molecule has 0 saturated carbocycles. The highest BCUT2D eigenvalue weighted by molar-refractivity contribution is 5.69. The molecule has 1 aliphatic carbocycles. The zero-order valence-corrected chi connectivity index (χ0v) is 23.8. The number of nitrogens with zero attached hydrogens (tertiary/aromatic N) is 1. The highest BCUT2D eigenvalue weighted by Crippen LogP contribution is 2.37. The maximum absolute atomic E-state index is 13.9. The third kappa shape index (κ3) is 7.02. The summed E-state index contributed by atoms with van der Waals surface area (Å²) in [5, 5.41) is 13.2. The van der Waals surface area contributed by atoms with Gasteiger partial charge in [0, 0.05) is 23.6 Å². The SMILES string of the molecule is CC(C)(C)OC(=O)N1CCC2(COC(F)C(O)N2)C1CO[C@H]1C=C[C@@H](c2ccccc2OCc2c#cccc2)CC1. The minimum absolute atomic E-state index is 0.0106. The van der Waals surface area contributed by atoms with Crippen LogP contribution in [0, 0.1) is 12.1 Å². The zero-order valence-electron chi connectivity index (χ0n) is 23.8. The third-order valence-electron chi connectivity index (χ3n) is 7.82. The molecule has 3 aliphatic rings. The highest BCUT2D eigenvalue weighted by Gasteiger charge is 2.54. The molecule has 6 atom stereocenters. The number of rotatable bonds is 7. The Bertz CT molecular complexity index is 1200. The maximum atomic E-state index is 13.9. The van der Waals surface area contributed by atoms with Crippen molar-refractivity contribution < 1.29 is 33.2 Å². The fourth-order valence-electron chi connectivity index (χ4n) is 5.74. The number of nitrogens with one attached hydrogen (secondary N) is 1. The van der Waals surface area contributed by atoms with E-state index >= 15 is 0 Å². The lowest BCUT2D eigenvalue weighted by molar-refractivity contribution is -0.190. The van der Waals surface area contributed by atoms with Gasteiger partial charge >= 0.3 is 6.09 Å². The molecular formula is C32H39FN2O6. The summed E-state index contributed by atoms with van der Waals surface area (Å²) in [5.74, 6) is 1.02. The number of para-hydroxylation sites is 1. The lowest BCUT2D eigenvalue weighted by Crippen LogP contribution is -2.68. The monoisotopic (exact) mass is 566 g/mol. The van der Waals surface area contributed by atoms with E-state index in [1.54, 1.807) is 4.90 Å². The van der Waals surface area contributed by atoms with Crippen LogP contribution >= 0.6 is 0 Å². The maximum Gasteiger partial charge on any atom is 0.410 e. The van der Waals surface area contributed by atoms with Gasteiger partial charge in [-0.25, -0.2) is 9.18 Å². The van der Waals surface area contributed by atoms with Gasteiger partial charge in [0.25, 0.3) is 0 Å². The van der Waals surface area contributed by atoms with Gasteiger partial charge in [0.05, 0.1) is 30.9 Å². The molecule has 1 amide bonds. The second kappa shape index (κ2) is 12.4. The van der Waals surface area contributed by atoms with Crippen LogP contribution in [0.5, 0.6) is 5.75 Å². The number of morpholine rings is 1. The van der Waals surface area contributed by atoms with Crippen molar-refractivity contribution in [3.8, 4) is 5.75 Å². The van der Waals surface area contributed by atoms with E-state index in [9.17, 15) is 14.3 Å². The predicted molar refractivity (Wildman–Crippen MR) is 150 cm³/mol. The second-order valence-electron chi connectivity index (χ2n) is 11.9. The number of amides is 1. The van der Waals surface area contributed by atoms with Gasteiger partial charge in [0.15, 0.2) is 6.23 Å². The number of allylic oxidation sites excluding steroid dienone is 1. The van der Waals surface area contributed by atoms with Crippen LogP contribution in [0.4, 0.5) is 9.18 Å². The van der Waals surface area contributed by atoms with E-state index in [2.05, 4.69) is 35.7 Å². The molecule has 0 radical (unpaired) electrons. The summed E-state index contributed by atoms with van der Waals surface area (Å²) in [6.07, 6.45) is 2.38. The van der Waals surface area contributed by atoms with Gasteiger partial charge in [0.2, 0.25) is 6.36 Å². The molecule has 2 heterocycles. The van der Waals surface area contributed by atoms with Crippen molar-refractivity contribution in [2.45, 2.75) is 88.4 Å². The summed E-state index contributed by atoms with van der Waals surface area (Å²) in [5.41, 5.74) is 0.542. The summed E-state index contributed by atoms with van der Waals surface area (Å²) >= 11 is 0. The van der Waals surface area contributed by atoms with Crippen LogP contribution in [0.3, 0.4) is 0 Å². The Morgan fingerprint density at radius 2 is 2.05 bits per heavy atom. The van der Waals surface area contributed by atoms with Gasteiger partial charge in [-0.2, -0.15) is 0 Å². The van der Waals surface area contributed by atoms with Crippen molar-refractivity contribution in [2.75, 3.05) is 19.8 Å². The molecule has 2 aliphatic heterocycles. The van der Waals surface area contributed by atoms with Gasteiger partial charge in [0.1, 0.15) is 18.0 Å². The topological polar surface area (TPSA) is 89.5 Å². The molecule has 5 rings (SSSR count). The Morgan fingerprint density at radius 1 is 1.22 bits per heavy atom. The molecule has 2 aromatic carbocycles. The summed E-state index contributed by atoms with van der Waals surface area (Å²) in [6.45, 7) is 6.43. The average molecular weight is 567 g/mol. The number of ether oxygens (including phenoxy) is 4. The lowest BCUT2D eigenvalue weighted by atomic mass is 9.87. The Balaban J connectivity index is 1.24. The second-order valence-corrected chi connectivity index (χ2v) is 11.9. The fourth-order valence-corrected chi connectivity index (χ4v) is 5.74. The van der Waals surface area contributed by atoms with Crippen molar-refractivity contribution in [1.82, 2.24) is 10.2 Å². The highest BCUT2D eigenvalue weighted by atomic mass is 19.1. The Labute approximate surface area is 241 Å². The summed E-state index contributed by atoms with van der Waals surface area (Å²) in [4.78, 5) is 14.7. The lowest BCUT2D eigenvalue weighted by Gasteiger charge is -2.44. The Morgan fingerprint density at radius 3 is 2.76 bits per heavy atom. The summed E-state index contributed by atoms with van der Waals surface area (Å²) in [6, 6.07) is 19.3. The van der Waals surface area contributed by atoms with Crippen molar-refractivity contribution in [3.63, 3.8) is 0 Å². The molecular weight excluding hydrogens is 527 g/mol. The van der Waals surface area contributed by atoms with Crippen LogP contribution in [-0.4, -0.2) is 71.7 Å². The van der Waals surface area contributed by atoms with Gasteiger partial charge in [-0.1, -0.05) is 48.6 Å². The number of alkyl halides is 1. The molecule has 9 heteroatoms. The van der Waals surface area contributed by atoms with Gasteiger partial charge < -0.3 is 29.0 Å². The van der Waals surface area contributed by atoms with Crippen molar-refractivity contribution in [1.29, 1.82) is 0 Å². The molecule has 2 N–H and O–H groups in total. The van der Waals surface area contributed by atoms with E-state index < -0.39 is 35.9 Å². The first kappa shape index (κ1) is 29.3. The zero-order chi connectivity index (χ0) is 29.0. The van der Waals surface area contributed by atoms with E-state index in [1.807, 2.05) is 57.2 Å². The number of hydrogen-bond acceptors (Lipinski definition) is 7. The van der Waals surface area contributed by atoms with Crippen molar-refractivity contribution in [2.24, 2.45) is 0 Å². The number of aliphatic hydroxyl groups excluding tert-OH is 1. The van der Waals surface area contributed by atoms with Crippen LogP contribution in [0.15, 0.2) is 54.6 Å². The number of halogens is 1. The molecule has 8 nitrogen and oxygen atoms in total. The molecule has 0 bridgehead atoms. The van der Waals surface area contributed by atoms with E-state index in [1.165, 1.54) is 0 Å². The van der Waals surface area contributed by atoms with Crippen LogP contribution in [0.2, 0.25) is 0 Å². The van der Waals surface area contributed by atoms with Crippen molar-refractivity contribution in [3.05, 3.63) is 77.9 Å². The normalized spacial score (nSPS) is 29.8. The van der Waals surface area contributed by atoms with Gasteiger partial charge in [-0.15, -0.1) is 0 Å². The number of aliphatic hydroxyl groups is 1. The molecule has 4 unspecified atom stereocenters. The first-order valence-corrected chi connectivity index (χ1v) is 14.2. The van der Waals surface area contributed by atoms with E-state index in [0.29, 0.717) is 19.6 Å². The largest absolute Gasteiger partial charge is 0.488 e. The third-order valence-corrected chi connectivity index (χ3v) is 7.82. The smallest absolute Gasteiger partial charge is 0.410 e. The van der Waals surface area contributed by atoms with E-state index in [-0.39, 0.29) is 25.2 Å². The Kier molecular flexibility index (Phi) is 8.85. The first-order chi connectivity index (χ1) is 19.6. The summed E-state index contributed by atoms with van der Waals surface area (Å²) in [7, 11) is 0. The Hall–Kier alpha value is -3.16. The number of hydrogen-bond donors (Lipinski definition) is 2. The van der Waals surface area contributed by atoms with Crippen LogP contribution in [-0.2, 0) is 20.8 Å². The quantitative estimate of drug-likeness (QED) is 0.471. The molecule has 2 saturated heterocycles. The fraction of sp³-hybridized carbons (Fsp3) is 0.531. The number of carbonyl (C=O) groups excluding carboxylic acids is 1. The number of likely N-dealkylation sites (tertiary alicyclic amines) is 1. The van der Waals surface area contributed by atoms with Crippen LogP contribution in [0.25, 0.3) is 0 Å². The number of benzene rings is 1. The first-order valence-electron chi connectivity index (χ1n) is 14.2. The van der Waals surface area contributed by atoms with Gasteiger partial charge in [-0.3, -0.25) is 5.32 Å². The molecule has 0 aromatic heterocycles. The molecule has 1 spiro atoms. The molecule has 41 heavy (non-hydrogen) atoms. The van der Waals surface area contributed by atoms with Crippen LogP contribution in [0.1, 0.15) is 57.1 Å².